The van der Waals surface area contributed by atoms with Crippen LogP contribution < -0.4 is 10.0 Å². The van der Waals surface area contributed by atoms with E-state index in [9.17, 15) is 22.4 Å². The minimum atomic E-state index is -3.98. The van der Waals surface area contributed by atoms with E-state index in [-0.39, 0.29) is 16.1 Å². The summed E-state index contributed by atoms with van der Waals surface area (Å²) in [6.07, 6.45) is 0. The zero-order valence-electron chi connectivity index (χ0n) is 14.0. The molecule has 9 heteroatoms. The molecule has 0 bridgehead atoms. The van der Waals surface area contributed by atoms with Gasteiger partial charge in [0.25, 0.3) is 15.9 Å². The van der Waals surface area contributed by atoms with Crippen LogP contribution in [0.25, 0.3) is 0 Å². The fraction of sp³-hybridized carbons (Fsp3) is 0.176. The van der Waals surface area contributed by atoms with E-state index in [0.29, 0.717) is 0 Å². The van der Waals surface area contributed by atoms with Crippen molar-refractivity contribution in [1.29, 1.82) is 0 Å². The van der Waals surface area contributed by atoms with Gasteiger partial charge in [0, 0.05) is 11.3 Å². The lowest BCUT2D eigenvalue weighted by Gasteiger charge is -2.12. The highest BCUT2D eigenvalue weighted by molar-refractivity contribution is 7.92. The maximum Gasteiger partial charge on any atom is 0.328 e. The molecule has 0 aromatic heterocycles. The van der Waals surface area contributed by atoms with E-state index in [2.05, 4.69) is 14.8 Å². The molecule has 0 saturated heterocycles. The number of rotatable bonds is 6. The van der Waals surface area contributed by atoms with E-state index in [4.69, 9.17) is 0 Å². The average molecular weight is 380 g/mol. The molecule has 0 unspecified atom stereocenters. The zero-order valence-corrected chi connectivity index (χ0v) is 14.8. The van der Waals surface area contributed by atoms with Crippen molar-refractivity contribution in [2.45, 2.75) is 17.9 Å². The summed E-state index contributed by atoms with van der Waals surface area (Å²) in [5.74, 6) is -1.74. The van der Waals surface area contributed by atoms with Gasteiger partial charge in [-0.1, -0.05) is 6.07 Å². The number of anilines is 1. The number of carbonyl (C=O) groups excluding carboxylic acids is 2. The first-order valence-electron chi connectivity index (χ1n) is 7.50. The molecule has 0 heterocycles. The number of hydrogen-bond acceptors (Lipinski definition) is 5. The quantitative estimate of drug-likeness (QED) is 0.746. The van der Waals surface area contributed by atoms with Crippen molar-refractivity contribution in [2.75, 3.05) is 11.8 Å². The number of hydrogen-bond donors (Lipinski definition) is 2. The van der Waals surface area contributed by atoms with Crippen molar-refractivity contribution in [3.8, 4) is 0 Å². The van der Waals surface area contributed by atoms with E-state index in [1.165, 1.54) is 50.4 Å². The van der Waals surface area contributed by atoms with Gasteiger partial charge in [-0.3, -0.25) is 9.52 Å². The van der Waals surface area contributed by atoms with Gasteiger partial charge in [0.2, 0.25) is 0 Å². The molecule has 2 N–H and O–H groups in total. The third kappa shape index (κ3) is 4.79. The lowest BCUT2D eigenvalue weighted by Crippen LogP contribution is -2.39. The summed E-state index contributed by atoms with van der Waals surface area (Å²) < 4.78 is 44.6. The van der Waals surface area contributed by atoms with Crippen molar-refractivity contribution >= 4 is 27.6 Å². The van der Waals surface area contributed by atoms with Crippen molar-refractivity contribution in [3.63, 3.8) is 0 Å². The first kappa shape index (κ1) is 19.4. The van der Waals surface area contributed by atoms with Crippen LogP contribution in [-0.4, -0.2) is 33.4 Å². The van der Waals surface area contributed by atoms with Crippen LogP contribution in [0.4, 0.5) is 10.1 Å². The summed E-state index contributed by atoms with van der Waals surface area (Å²) >= 11 is 0. The fourth-order valence-corrected chi connectivity index (χ4v) is 3.16. The smallest absolute Gasteiger partial charge is 0.328 e. The lowest BCUT2D eigenvalue weighted by molar-refractivity contribution is -0.142. The number of carbonyl (C=O) groups is 2. The summed E-state index contributed by atoms with van der Waals surface area (Å²) in [5.41, 5.74) is 0.239. The highest BCUT2D eigenvalue weighted by Crippen LogP contribution is 2.17. The Balaban J connectivity index is 2.20. The maximum absolute atomic E-state index is 12.9. The minimum absolute atomic E-state index is 0.0581. The molecule has 138 valence electrons. The number of ether oxygens (including phenoxy) is 1. The molecule has 0 aliphatic carbocycles. The van der Waals surface area contributed by atoms with Crippen LogP contribution in [-0.2, 0) is 19.6 Å². The molecule has 2 rings (SSSR count). The number of esters is 1. The van der Waals surface area contributed by atoms with Crippen molar-refractivity contribution in [1.82, 2.24) is 5.32 Å². The van der Waals surface area contributed by atoms with Gasteiger partial charge < -0.3 is 10.1 Å². The Labute approximate surface area is 150 Å². The summed E-state index contributed by atoms with van der Waals surface area (Å²) in [5, 5.41) is 2.41. The molecule has 0 aliphatic heterocycles. The number of sulfonamides is 1. The molecule has 26 heavy (non-hydrogen) atoms. The van der Waals surface area contributed by atoms with E-state index >= 15 is 0 Å². The van der Waals surface area contributed by atoms with Gasteiger partial charge in [0.1, 0.15) is 11.9 Å². The Morgan fingerprint density at radius 3 is 2.38 bits per heavy atom. The molecule has 7 nitrogen and oxygen atoms in total. The monoisotopic (exact) mass is 380 g/mol. The second-order valence-electron chi connectivity index (χ2n) is 5.36. The van der Waals surface area contributed by atoms with Crippen LogP contribution in [0.2, 0.25) is 0 Å². The van der Waals surface area contributed by atoms with Gasteiger partial charge in [0.05, 0.1) is 12.0 Å². The molecule has 0 fully saturated rings. The van der Waals surface area contributed by atoms with Crippen LogP contribution in [0.15, 0.2) is 53.4 Å². The summed E-state index contributed by atoms with van der Waals surface area (Å²) in [7, 11) is -2.78. The summed E-state index contributed by atoms with van der Waals surface area (Å²) in [6.45, 7) is 1.44. The molecular formula is C17H17FN2O5S. The van der Waals surface area contributed by atoms with E-state index < -0.39 is 33.8 Å². The molecule has 2 aromatic carbocycles. The van der Waals surface area contributed by atoms with Crippen LogP contribution >= 0.6 is 0 Å². The van der Waals surface area contributed by atoms with Crippen molar-refractivity contribution < 1.29 is 27.1 Å². The number of methoxy groups -OCH3 is 1. The highest BCUT2D eigenvalue weighted by atomic mass is 32.2. The Hall–Kier alpha value is -2.94. The topological polar surface area (TPSA) is 102 Å². The van der Waals surface area contributed by atoms with Gasteiger partial charge in [-0.2, -0.15) is 0 Å². The Kier molecular flexibility index (Phi) is 5.93. The van der Waals surface area contributed by atoms with Crippen LogP contribution in [0.3, 0.4) is 0 Å². The van der Waals surface area contributed by atoms with E-state index in [0.717, 1.165) is 12.1 Å². The summed E-state index contributed by atoms with van der Waals surface area (Å²) in [4.78, 5) is 23.4. The molecule has 0 aliphatic rings. The zero-order chi connectivity index (χ0) is 19.3. The first-order valence-corrected chi connectivity index (χ1v) is 8.98. The number of amides is 1. The first-order chi connectivity index (χ1) is 12.2. The lowest BCUT2D eigenvalue weighted by atomic mass is 10.2. The third-order valence-electron chi connectivity index (χ3n) is 3.41. The van der Waals surface area contributed by atoms with Gasteiger partial charge in [-0.25, -0.2) is 17.6 Å². The van der Waals surface area contributed by atoms with E-state index in [1.54, 1.807) is 0 Å². The van der Waals surface area contributed by atoms with Crippen LogP contribution in [0.5, 0.6) is 0 Å². The minimum Gasteiger partial charge on any atom is -0.467 e. The fourth-order valence-electron chi connectivity index (χ4n) is 2.05. The van der Waals surface area contributed by atoms with Crippen molar-refractivity contribution in [3.05, 3.63) is 59.9 Å². The normalized spacial score (nSPS) is 12.1. The predicted octanol–water partition coefficient (Wildman–Crippen LogP) is 1.92. The molecule has 1 amide bonds. The standard InChI is InChI=1S/C17H17FN2O5S/c1-11(17(22)25-2)19-16(21)12-4-3-5-15(10-12)26(23,24)20-14-8-6-13(18)7-9-14/h3-11,20H,1-2H3,(H,19,21)/t11-/m1/s1. The highest BCUT2D eigenvalue weighted by Gasteiger charge is 2.20. The van der Waals surface area contributed by atoms with Gasteiger partial charge in [0.15, 0.2) is 0 Å². The van der Waals surface area contributed by atoms with Crippen LogP contribution in [0, 0.1) is 5.82 Å². The van der Waals surface area contributed by atoms with E-state index in [1.807, 2.05) is 0 Å². The second kappa shape index (κ2) is 7.96. The van der Waals surface area contributed by atoms with Gasteiger partial charge in [-0.05, 0) is 49.4 Å². The molecule has 2 aromatic rings. The average Bonchev–Trinajstić information content (AvgIpc) is 2.62. The molecule has 1 atom stereocenters. The SMILES string of the molecule is COC(=O)[C@@H](C)NC(=O)c1cccc(S(=O)(=O)Nc2ccc(F)cc2)c1. The number of benzene rings is 2. The Morgan fingerprint density at radius 2 is 1.77 bits per heavy atom. The number of halogens is 1. The molecule has 0 saturated carbocycles. The van der Waals surface area contributed by atoms with Gasteiger partial charge in [-0.15, -0.1) is 0 Å². The Bertz CT molecular complexity index is 913. The number of nitrogens with one attached hydrogen (secondary N) is 2. The van der Waals surface area contributed by atoms with Crippen LogP contribution in [0.1, 0.15) is 17.3 Å². The van der Waals surface area contributed by atoms with Crippen molar-refractivity contribution in [2.24, 2.45) is 0 Å². The molecule has 0 radical (unpaired) electrons. The largest absolute Gasteiger partial charge is 0.467 e. The molecule has 0 spiro atoms. The summed E-state index contributed by atoms with van der Waals surface area (Å²) in [6, 6.07) is 9.21. The predicted molar refractivity (Wildman–Crippen MR) is 92.6 cm³/mol. The Morgan fingerprint density at radius 1 is 1.12 bits per heavy atom. The molecular weight excluding hydrogens is 363 g/mol. The third-order valence-corrected chi connectivity index (χ3v) is 4.78. The van der Waals surface area contributed by atoms with Gasteiger partial charge >= 0.3 is 5.97 Å². The second-order valence-corrected chi connectivity index (χ2v) is 7.04. The maximum atomic E-state index is 12.9.